The lowest BCUT2D eigenvalue weighted by Crippen LogP contribution is -2.17. The predicted molar refractivity (Wildman–Crippen MR) is 118 cm³/mol. The molecule has 2 heterocycles. The lowest BCUT2D eigenvalue weighted by Gasteiger charge is -2.15. The van der Waals surface area contributed by atoms with Gasteiger partial charge in [-0.1, -0.05) is 30.3 Å². The summed E-state index contributed by atoms with van der Waals surface area (Å²) in [6.07, 6.45) is 5.64. The van der Waals surface area contributed by atoms with Gasteiger partial charge in [0.25, 0.3) is 0 Å². The minimum Gasteiger partial charge on any atom is -0.490 e. The van der Waals surface area contributed by atoms with Gasteiger partial charge >= 0.3 is 0 Å². The fraction of sp³-hybridized carbons (Fsp3) is 0.208. The van der Waals surface area contributed by atoms with E-state index < -0.39 is 0 Å². The summed E-state index contributed by atoms with van der Waals surface area (Å²) in [4.78, 5) is 21.5. The van der Waals surface area contributed by atoms with Crippen molar-refractivity contribution < 1.29 is 9.53 Å². The molecule has 2 aromatic carbocycles. The van der Waals surface area contributed by atoms with E-state index in [1.165, 1.54) is 0 Å². The Kier molecular flexibility index (Phi) is 5.75. The van der Waals surface area contributed by atoms with Gasteiger partial charge in [0.15, 0.2) is 0 Å². The summed E-state index contributed by atoms with van der Waals surface area (Å²) in [6, 6.07) is 15.5. The highest BCUT2D eigenvalue weighted by Crippen LogP contribution is 2.26. The van der Waals surface area contributed by atoms with E-state index in [0.29, 0.717) is 24.6 Å². The molecular formula is C24H24N4O2. The van der Waals surface area contributed by atoms with E-state index in [2.05, 4.69) is 15.3 Å². The van der Waals surface area contributed by atoms with Gasteiger partial charge in [-0.05, 0) is 43.2 Å². The van der Waals surface area contributed by atoms with E-state index in [9.17, 15) is 4.79 Å². The molecule has 1 amide bonds. The molecule has 0 aliphatic rings. The van der Waals surface area contributed by atoms with Crippen LogP contribution in [-0.4, -0.2) is 27.0 Å². The molecule has 0 unspecified atom stereocenters. The Morgan fingerprint density at radius 3 is 2.73 bits per heavy atom. The van der Waals surface area contributed by atoms with Gasteiger partial charge in [-0.25, -0.2) is 4.98 Å². The number of pyridine rings is 1. The molecule has 152 valence electrons. The third-order valence-electron chi connectivity index (χ3n) is 5.15. The quantitative estimate of drug-likeness (QED) is 0.502. The number of aromatic nitrogens is 3. The molecule has 0 bridgehead atoms. The normalized spacial score (nSPS) is 10.9. The molecule has 1 N–H and O–H groups in total. The minimum absolute atomic E-state index is 0.0936. The highest BCUT2D eigenvalue weighted by atomic mass is 16.5. The van der Waals surface area contributed by atoms with E-state index in [0.717, 1.165) is 27.7 Å². The van der Waals surface area contributed by atoms with Crippen LogP contribution in [0.25, 0.3) is 10.9 Å². The molecule has 0 atom stereocenters. The Balaban J connectivity index is 1.46. The number of anilines is 1. The number of carbonyl (C=O) groups excluding carboxylic acids is 1. The zero-order chi connectivity index (χ0) is 20.9. The predicted octanol–water partition coefficient (Wildman–Crippen LogP) is 4.31. The van der Waals surface area contributed by atoms with Crippen molar-refractivity contribution in [2.24, 2.45) is 0 Å². The average molecular weight is 400 g/mol. The monoisotopic (exact) mass is 400 g/mol. The van der Waals surface area contributed by atoms with Crippen molar-refractivity contribution in [1.29, 1.82) is 0 Å². The molecule has 0 aliphatic carbocycles. The molecule has 4 aromatic rings. The van der Waals surface area contributed by atoms with Crippen molar-refractivity contribution in [3.63, 3.8) is 0 Å². The Bertz CT molecular complexity index is 1170. The van der Waals surface area contributed by atoms with Gasteiger partial charge < -0.3 is 14.6 Å². The number of hydrogen-bond donors (Lipinski definition) is 1. The highest BCUT2D eigenvalue weighted by molar-refractivity contribution is 5.95. The smallest absolute Gasteiger partial charge is 0.228 e. The molecule has 0 saturated carbocycles. The van der Waals surface area contributed by atoms with Gasteiger partial charge in [0.1, 0.15) is 12.4 Å². The van der Waals surface area contributed by atoms with Crippen LogP contribution >= 0.6 is 0 Å². The zero-order valence-corrected chi connectivity index (χ0v) is 17.1. The second-order valence-electron chi connectivity index (χ2n) is 7.19. The van der Waals surface area contributed by atoms with Gasteiger partial charge in [0.2, 0.25) is 5.91 Å². The number of nitrogens with zero attached hydrogens (tertiary/aromatic N) is 3. The zero-order valence-electron chi connectivity index (χ0n) is 17.1. The first-order valence-electron chi connectivity index (χ1n) is 9.94. The maximum Gasteiger partial charge on any atom is 0.228 e. The molecule has 2 aromatic heterocycles. The number of aryl methyl sites for hydroxylation is 2. The molecule has 0 radical (unpaired) electrons. The van der Waals surface area contributed by atoms with Crippen LogP contribution in [-0.2, 0) is 17.8 Å². The third kappa shape index (κ3) is 4.33. The molecular weight excluding hydrogens is 376 g/mol. The highest BCUT2D eigenvalue weighted by Gasteiger charge is 2.14. The lowest BCUT2D eigenvalue weighted by atomic mass is 9.99. The Morgan fingerprint density at radius 2 is 1.90 bits per heavy atom. The summed E-state index contributed by atoms with van der Waals surface area (Å²) in [5, 5.41) is 4.07. The number of hydrogen-bond acceptors (Lipinski definition) is 4. The Morgan fingerprint density at radius 1 is 1.10 bits per heavy atom. The van der Waals surface area contributed by atoms with Crippen molar-refractivity contribution in [3.05, 3.63) is 84.1 Å². The summed E-state index contributed by atoms with van der Waals surface area (Å²) in [7, 11) is 0. The van der Waals surface area contributed by atoms with Crippen LogP contribution in [0.3, 0.4) is 0 Å². The van der Waals surface area contributed by atoms with Crippen LogP contribution in [0, 0.1) is 13.8 Å². The van der Waals surface area contributed by atoms with Crippen molar-refractivity contribution in [2.75, 3.05) is 11.9 Å². The lowest BCUT2D eigenvalue weighted by molar-refractivity contribution is -0.115. The number of nitrogens with one attached hydrogen (secondary N) is 1. The van der Waals surface area contributed by atoms with Crippen LogP contribution in [0.5, 0.6) is 5.75 Å². The van der Waals surface area contributed by atoms with Crippen LogP contribution in [0.15, 0.2) is 67.3 Å². The number of benzene rings is 2. The molecule has 30 heavy (non-hydrogen) atoms. The van der Waals surface area contributed by atoms with Gasteiger partial charge in [-0.15, -0.1) is 0 Å². The largest absolute Gasteiger partial charge is 0.490 e. The molecule has 6 nitrogen and oxygen atoms in total. The number of carbonyl (C=O) groups is 1. The molecule has 0 spiro atoms. The topological polar surface area (TPSA) is 69.0 Å². The summed E-state index contributed by atoms with van der Waals surface area (Å²) >= 11 is 0. The van der Waals surface area contributed by atoms with Crippen LogP contribution in [0.2, 0.25) is 0 Å². The van der Waals surface area contributed by atoms with E-state index in [-0.39, 0.29) is 12.3 Å². The molecule has 4 rings (SSSR count). The van der Waals surface area contributed by atoms with Crippen LogP contribution < -0.4 is 10.1 Å². The van der Waals surface area contributed by atoms with Gasteiger partial charge in [0.05, 0.1) is 30.5 Å². The summed E-state index contributed by atoms with van der Waals surface area (Å²) in [5.74, 6) is 0.556. The van der Waals surface area contributed by atoms with E-state index >= 15 is 0 Å². The standard InChI is InChI=1S/C24H24N4O2/c1-17-19-7-3-4-8-21(19)26-18(2)20(17)15-24(29)27-22-9-5-6-10-23(22)30-14-13-28-12-11-25-16-28/h3-12,16H,13-15H2,1-2H3,(H,27,29). The third-order valence-corrected chi connectivity index (χ3v) is 5.15. The number of ether oxygens (including phenoxy) is 1. The van der Waals surface area contributed by atoms with Gasteiger partial charge in [-0.2, -0.15) is 0 Å². The SMILES string of the molecule is Cc1nc2ccccc2c(C)c1CC(=O)Nc1ccccc1OCCn1ccnc1. The fourth-order valence-electron chi connectivity index (χ4n) is 3.56. The maximum absolute atomic E-state index is 12.8. The van der Waals surface area contributed by atoms with Crippen molar-refractivity contribution in [2.45, 2.75) is 26.8 Å². The van der Waals surface area contributed by atoms with Crippen molar-refractivity contribution in [3.8, 4) is 5.75 Å². The fourth-order valence-corrected chi connectivity index (χ4v) is 3.56. The minimum atomic E-state index is -0.0936. The van der Waals surface area contributed by atoms with Gasteiger partial charge in [0, 0.05) is 23.5 Å². The van der Waals surface area contributed by atoms with E-state index in [4.69, 9.17) is 4.74 Å². The first kappa shape index (κ1) is 19.6. The van der Waals surface area contributed by atoms with Gasteiger partial charge in [-0.3, -0.25) is 9.78 Å². The van der Waals surface area contributed by atoms with Crippen molar-refractivity contribution in [1.82, 2.24) is 14.5 Å². The number of amides is 1. The second-order valence-corrected chi connectivity index (χ2v) is 7.19. The number of imidazole rings is 1. The van der Waals surface area contributed by atoms with E-state index in [1.54, 1.807) is 12.5 Å². The number of para-hydroxylation sites is 3. The van der Waals surface area contributed by atoms with Crippen LogP contribution in [0.4, 0.5) is 5.69 Å². The molecule has 0 aliphatic heterocycles. The molecule has 6 heteroatoms. The first-order valence-corrected chi connectivity index (χ1v) is 9.94. The number of fused-ring (bicyclic) bond motifs is 1. The Labute approximate surface area is 175 Å². The van der Waals surface area contributed by atoms with Crippen molar-refractivity contribution >= 4 is 22.5 Å². The van der Waals surface area contributed by atoms with E-state index in [1.807, 2.05) is 73.1 Å². The summed E-state index contributed by atoms with van der Waals surface area (Å²) in [5.41, 5.74) is 4.56. The summed E-state index contributed by atoms with van der Waals surface area (Å²) < 4.78 is 7.83. The van der Waals surface area contributed by atoms with Crippen LogP contribution in [0.1, 0.15) is 16.8 Å². The first-order chi connectivity index (χ1) is 14.6. The second kappa shape index (κ2) is 8.78. The number of rotatable bonds is 7. The maximum atomic E-state index is 12.8. The molecule has 0 fully saturated rings. The Hall–Kier alpha value is -3.67. The molecule has 0 saturated heterocycles. The summed E-state index contributed by atoms with van der Waals surface area (Å²) in [6.45, 7) is 5.17. The average Bonchev–Trinajstić information content (AvgIpc) is 3.26.